The lowest BCUT2D eigenvalue weighted by molar-refractivity contribution is -0.217. The zero-order valence-corrected chi connectivity index (χ0v) is 30.8. The van der Waals surface area contributed by atoms with E-state index in [2.05, 4.69) is 41.5 Å². The van der Waals surface area contributed by atoms with Gasteiger partial charge in [-0.1, -0.05) is 52.7 Å². The van der Waals surface area contributed by atoms with E-state index in [-0.39, 0.29) is 46.1 Å². The van der Waals surface area contributed by atoms with Crippen LogP contribution in [0.1, 0.15) is 134 Å². The number of hydrogen-bond acceptors (Lipinski definition) is 9. The van der Waals surface area contributed by atoms with Crippen molar-refractivity contribution in [2.24, 2.45) is 39.4 Å². The van der Waals surface area contributed by atoms with Crippen LogP contribution in [0.25, 0.3) is 0 Å². The van der Waals surface area contributed by atoms with E-state index in [1.165, 1.54) is 38.8 Å². The highest BCUT2D eigenvalue weighted by molar-refractivity contribution is 5.85. The van der Waals surface area contributed by atoms with Crippen LogP contribution in [0, 0.1) is 39.4 Å². The Balaban J connectivity index is 1.77. The van der Waals surface area contributed by atoms with E-state index in [4.69, 9.17) is 18.9 Å². The molecule has 0 unspecified atom stereocenters. The Kier molecular flexibility index (Phi) is 9.97. The fourth-order valence-corrected chi connectivity index (χ4v) is 11.2. The SMILES string of the molecule is CC(=O)O[C@@H](C[C@@H](C)C1=C2C[C@H](OC(C)=O)[C@H]3[C@@]4(C)CCC(=O)C(C)(C)[C@@H]4CC[C@]3(C)[C@@]2(C)CC1)[C@@H](OC(C)=O)C(C)(C)OC(C)=O. The number of carbonyl (C=O) groups is 5. The van der Waals surface area contributed by atoms with Crippen LogP contribution in [0.5, 0.6) is 0 Å². The van der Waals surface area contributed by atoms with Gasteiger partial charge < -0.3 is 18.9 Å². The molecule has 4 aliphatic rings. The van der Waals surface area contributed by atoms with Crippen molar-refractivity contribution in [3.63, 3.8) is 0 Å². The standard InChI is InChI=1S/C38H58O9/c1-21(19-29(45-23(3)40)33(46-24(4)41)35(8,9)47-25(5)42)26-13-17-37(11)27(26)20-28(44-22(2)39)32-36(10)16-15-31(43)34(6,7)30(36)14-18-38(32,37)12/h21,28-30,32-33H,13-20H2,1-12H3/t21-,28+,29+,30+,32+,33-,36+,37+,38+/m1/s1. The summed E-state index contributed by atoms with van der Waals surface area (Å²) in [5.74, 6) is -1.34. The molecule has 47 heavy (non-hydrogen) atoms. The van der Waals surface area contributed by atoms with Gasteiger partial charge in [0.2, 0.25) is 0 Å². The quantitative estimate of drug-likeness (QED) is 0.145. The van der Waals surface area contributed by atoms with Gasteiger partial charge in [0.05, 0.1) is 0 Å². The average molecular weight is 659 g/mol. The molecule has 4 rings (SSSR count). The fourth-order valence-electron chi connectivity index (χ4n) is 11.2. The molecule has 9 atom stereocenters. The molecule has 0 heterocycles. The molecule has 0 aromatic rings. The van der Waals surface area contributed by atoms with Crippen LogP contribution in [-0.2, 0) is 42.9 Å². The predicted octanol–water partition coefficient (Wildman–Crippen LogP) is 7.08. The molecule has 0 spiro atoms. The zero-order valence-electron chi connectivity index (χ0n) is 30.8. The topological polar surface area (TPSA) is 122 Å². The van der Waals surface area contributed by atoms with Gasteiger partial charge in [0, 0.05) is 51.9 Å². The van der Waals surface area contributed by atoms with Crippen molar-refractivity contribution in [2.75, 3.05) is 0 Å². The zero-order chi connectivity index (χ0) is 35.5. The molecule has 3 fully saturated rings. The first-order valence-electron chi connectivity index (χ1n) is 17.5. The van der Waals surface area contributed by atoms with Crippen molar-refractivity contribution in [1.29, 1.82) is 0 Å². The fraction of sp³-hybridized carbons (Fsp3) is 0.816. The largest absolute Gasteiger partial charge is 0.462 e. The number of hydrogen-bond donors (Lipinski definition) is 0. The average Bonchev–Trinajstić information content (AvgIpc) is 3.25. The molecule has 0 radical (unpaired) electrons. The van der Waals surface area contributed by atoms with Gasteiger partial charge in [-0.3, -0.25) is 24.0 Å². The smallest absolute Gasteiger partial charge is 0.303 e. The Morgan fingerprint density at radius 1 is 0.851 bits per heavy atom. The summed E-state index contributed by atoms with van der Waals surface area (Å²) in [5, 5.41) is 0. The monoisotopic (exact) mass is 658 g/mol. The summed E-state index contributed by atoms with van der Waals surface area (Å²) in [4.78, 5) is 62.5. The van der Waals surface area contributed by atoms with Gasteiger partial charge in [-0.2, -0.15) is 0 Å². The van der Waals surface area contributed by atoms with Crippen molar-refractivity contribution in [1.82, 2.24) is 0 Å². The third-order valence-electron chi connectivity index (χ3n) is 13.1. The number of rotatable bonds is 9. The summed E-state index contributed by atoms with van der Waals surface area (Å²) in [7, 11) is 0. The molecule has 0 aromatic carbocycles. The van der Waals surface area contributed by atoms with E-state index in [0.29, 0.717) is 25.0 Å². The Morgan fingerprint density at radius 3 is 2.02 bits per heavy atom. The van der Waals surface area contributed by atoms with Gasteiger partial charge in [0.25, 0.3) is 0 Å². The van der Waals surface area contributed by atoms with Crippen molar-refractivity contribution < 1.29 is 42.9 Å². The van der Waals surface area contributed by atoms with Gasteiger partial charge in [-0.25, -0.2) is 0 Å². The van der Waals surface area contributed by atoms with E-state index in [9.17, 15) is 24.0 Å². The van der Waals surface area contributed by atoms with Gasteiger partial charge in [0.15, 0.2) is 6.10 Å². The Bertz CT molecular complexity index is 1340. The highest BCUT2D eigenvalue weighted by atomic mass is 16.6. The van der Waals surface area contributed by atoms with Gasteiger partial charge in [0.1, 0.15) is 23.6 Å². The summed E-state index contributed by atoms with van der Waals surface area (Å²) >= 11 is 0. The summed E-state index contributed by atoms with van der Waals surface area (Å²) in [6.45, 7) is 22.1. The minimum atomic E-state index is -1.26. The Hall–Kier alpha value is -2.71. The first-order valence-corrected chi connectivity index (χ1v) is 17.5. The minimum absolute atomic E-state index is 0.0707. The molecule has 0 N–H and O–H groups in total. The maximum absolute atomic E-state index is 13.2. The molecule has 0 aromatic heterocycles. The molecule has 9 heteroatoms. The highest BCUT2D eigenvalue weighted by Crippen LogP contribution is 2.74. The van der Waals surface area contributed by atoms with Crippen molar-refractivity contribution >= 4 is 29.7 Å². The number of ketones is 1. The molecule has 0 aliphatic heterocycles. The van der Waals surface area contributed by atoms with Gasteiger partial charge in [-0.15, -0.1) is 0 Å². The first-order chi connectivity index (χ1) is 21.5. The molecule has 0 saturated heterocycles. The lowest BCUT2D eigenvalue weighted by Gasteiger charge is -2.69. The molecule has 4 aliphatic carbocycles. The van der Waals surface area contributed by atoms with Crippen LogP contribution >= 0.6 is 0 Å². The second-order valence-electron chi connectivity index (χ2n) is 16.8. The molecule has 264 valence electrons. The van der Waals surface area contributed by atoms with Gasteiger partial charge in [-0.05, 0) is 80.5 Å². The third-order valence-corrected chi connectivity index (χ3v) is 13.1. The maximum atomic E-state index is 13.2. The normalized spacial score (nSPS) is 35.0. The second-order valence-corrected chi connectivity index (χ2v) is 16.8. The molecule has 9 nitrogen and oxygen atoms in total. The Labute approximate surface area is 281 Å². The maximum Gasteiger partial charge on any atom is 0.303 e. The van der Waals surface area contributed by atoms with Crippen LogP contribution in [0.2, 0.25) is 0 Å². The number of allylic oxidation sites excluding steroid dienone is 1. The summed E-state index contributed by atoms with van der Waals surface area (Å²) in [5.41, 5.74) is 0.415. The number of esters is 4. The molecule has 0 bridgehead atoms. The summed E-state index contributed by atoms with van der Waals surface area (Å²) < 4.78 is 23.4. The third kappa shape index (κ3) is 6.41. The van der Waals surface area contributed by atoms with Crippen LogP contribution in [0.4, 0.5) is 0 Å². The molecule has 3 saturated carbocycles. The van der Waals surface area contributed by atoms with Crippen LogP contribution < -0.4 is 0 Å². The van der Waals surface area contributed by atoms with Crippen molar-refractivity contribution in [3.8, 4) is 0 Å². The van der Waals surface area contributed by atoms with E-state index < -0.39 is 41.1 Å². The van der Waals surface area contributed by atoms with Crippen molar-refractivity contribution in [3.05, 3.63) is 11.1 Å². The number of Topliss-reactive ketones (excluding diaryl/α,β-unsaturated/α-hetero) is 1. The number of fused-ring (bicyclic) bond motifs is 5. The van der Waals surface area contributed by atoms with Crippen LogP contribution in [-0.4, -0.2) is 53.6 Å². The Morgan fingerprint density at radius 2 is 1.47 bits per heavy atom. The predicted molar refractivity (Wildman–Crippen MR) is 176 cm³/mol. The van der Waals surface area contributed by atoms with Gasteiger partial charge >= 0.3 is 23.9 Å². The number of carbonyl (C=O) groups excluding carboxylic acids is 5. The van der Waals surface area contributed by atoms with E-state index in [1.807, 2.05) is 0 Å². The summed E-state index contributed by atoms with van der Waals surface area (Å²) in [6.07, 6.45) is 3.81. The van der Waals surface area contributed by atoms with Crippen molar-refractivity contribution in [2.45, 2.75) is 158 Å². The molecular formula is C38H58O9. The summed E-state index contributed by atoms with van der Waals surface area (Å²) in [6, 6.07) is 0. The van der Waals surface area contributed by atoms with E-state index in [0.717, 1.165) is 32.1 Å². The number of ether oxygens (including phenoxy) is 4. The second kappa shape index (κ2) is 12.6. The van der Waals surface area contributed by atoms with E-state index in [1.54, 1.807) is 13.8 Å². The lowest BCUT2D eigenvalue weighted by atomic mass is 9.36. The lowest BCUT2D eigenvalue weighted by Crippen LogP contribution is -2.66. The highest BCUT2D eigenvalue weighted by Gasteiger charge is 2.70. The van der Waals surface area contributed by atoms with Crippen LogP contribution in [0.3, 0.4) is 0 Å². The molecular weight excluding hydrogens is 600 g/mol. The minimum Gasteiger partial charge on any atom is -0.462 e. The van der Waals surface area contributed by atoms with Crippen LogP contribution in [0.15, 0.2) is 11.1 Å². The molecule has 0 amide bonds. The first kappa shape index (κ1) is 37.1. The van der Waals surface area contributed by atoms with E-state index >= 15 is 0 Å².